The topological polar surface area (TPSA) is 83.9 Å². The fourth-order valence-corrected chi connectivity index (χ4v) is 5.35. The van der Waals surface area contributed by atoms with E-state index in [4.69, 9.17) is 4.74 Å². The van der Waals surface area contributed by atoms with Crippen LogP contribution in [0, 0.1) is 13.8 Å². The van der Waals surface area contributed by atoms with Crippen LogP contribution in [0.5, 0.6) is 5.75 Å². The van der Waals surface area contributed by atoms with E-state index in [9.17, 15) is 18.3 Å². The van der Waals surface area contributed by atoms with E-state index in [0.717, 1.165) is 5.56 Å². The predicted molar refractivity (Wildman–Crippen MR) is 97.2 cm³/mol. The van der Waals surface area contributed by atoms with E-state index < -0.39 is 16.0 Å². The number of hydrogen-bond acceptors (Lipinski definition) is 4. The molecule has 0 saturated heterocycles. The number of nitrogens with zero attached hydrogens (tertiary/aromatic N) is 1. The second kappa shape index (κ2) is 6.74. The van der Waals surface area contributed by atoms with Gasteiger partial charge in [0.15, 0.2) is 0 Å². The fraction of sp³-hybridized carbons (Fsp3) is 0.316. The number of hydrogen-bond donors (Lipinski definition) is 1. The van der Waals surface area contributed by atoms with Gasteiger partial charge in [0, 0.05) is 13.1 Å². The van der Waals surface area contributed by atoms with Crippen molar-refractivity contribution in [3.8, 4) is 5.75 Å². The van der Waals surface area contributed by atoms with Crippen molar-refractivity contribution in [1.29, 1.82) is 0 Å². The highest BCUT2D eigenvalue weighted by atomic mass is 32.2. The molecule has 0 aliphatic carbocycles. The first-order valence-corrected chi connectivity index (χ1v) is 9.69. The summed E-state index contributed by atoms with van der Waals surface area (Å²) in [6, 6.07) is 8.46. The first-order chi connectivity index (χ1) is 12.3. The quantitative estimate of drug-likeness (QED) is 0.888. The van der Waals surface area contributed by atoms with Crippen LogP contribution < -0.4 is 4.74 Å². The molecule has 0 bridgehead atoms. The Balaban J connectivity index is 2.05. The van der Waals surface area contributed by atoms with Gasteiger partial charge in [-0.05, 0) is 60.7 Å². The van der Waals surface area contributed by atoms with Gasteiger partial charge in [0.05, 0.1) is 17.6 Å². The van der Waals surface area contributed by atoms with Gasteiger partial charge in [0.1, 0.15) is 5.75 Å². The van der Waals surface area contributed by atoms with E-state index in [-0.39, 0.29) is 17.0 Å². The summed E-state index contributed by atoms with van der Waals surface area (Å²) in [5.74, 6) is -0.436. The zero-order chi connectivity index (χ0) is 19.1. The standard InChI is InChI=1S/C19H21NO5S/c1-12-9-15(25-3)10-13(2)18(12)26(23,24)20-8-7-14-5-4-6-16(19(21)22)17(14)11-20/h4-6,9-10H,7-8,11H2,1-3H3,(H,21,22). The van der Waals surface area contributed by atoms with Crippen LogP contribution in [0.1, 0.15) is 32.6 Å². The molecule has 2 aromatic carbocycles. The Morgan fingerprint density at radius 3 is 2.42 bits per heavy atom. The third kappa shape index (κ3) is 3.08. The van der Waals surface area contributed by atoms with Crippen molar-refractivity contribution in [2.75, 3.05) is 13.7 Å². The molecule has 0 fully saturated rings. The number of aryl methyl sites for hydroxylation is 2. The predicted octanol–water partition coefficient (Wildman–Crippen LogP) is 2.76. The summed E-state index contributed by atoms with van der Waals surface area (Å²) >= 11 is 0. The van der Waals surface area contributed by atoms with E-state index >= 15 is 0 Å². The third-order valence-electron chi connectivity index (χ3n) is 4.74. The van der Waals surface area contributed by atoms with Gasteiger partial charge in [-0.15, -0.1) is 0 Å². The minimum absolute atomic E-state index is 0.0606. The van der Waals surface area contributed by atoms with Crippen molar-refractivity contribution in [1.82, 2.24) is 4.31 Å². The molecule has 1 N–H and O–H groups in total. The number of ether oxygens (including phenoxy) is 1. The molecule has 0 atom stereocenters. The van der Waals surface area contributed by atoms with Crippen molar-refractivity contribution in [2.24, 2.45) is 0 Å². The molecule has 1 aliphatic rings. The Hall–Kier alpha value is -2.38. The van der Waals surface area contributed by atoms with Gasteiger partial charge in [-0.3, -0.25) is 0 Å². The van der Waals surface area contributed by atoms with Gasteiger partial charge in [-0.25, -0.2) is 13.2 Å². The number of methoxy groups -OCH3 is 1. The maximum atomic E-state index is 13.3. The molecule has 0 spiro atoms. The lowest BCUT2D eigenvalue weighted by molar-refractivity contribution is 0.0694. The van der Waals surface area contributed by atoms with Crippen LogP contribution in [-0.2, 0) is 23.0 Å². The molecule has 3 rings (SSSR count). The SMILES string of the molecule is COc1cc(C)c(S(=O)(=O)N2CCc3cccc(C(=O)O)c3C2)c(C)c1. The molecule has 138 valence electrons. The molecule has 0 aromatic heterocycles. The van der Waals surface area contributed by atoms with Crippen LogP contribution in [0.15, 0.2) is 35.2 Å². The van der Waals surface area contributed by atoms with Crippen LogP contribution >= 0.6 is 0 Å². The maximum absolute atomic E-state index is 13.3. The number of aromatic carboxylic acids is 1. The van der Waals surface area contributed by atoms with E-state index in [2.05, 4.69) is 0 Å². The van der Waals surface area contributed by atoms with Gasteiger partial charge in [-0.1, -0.05) is 12.1 Å². The molecule has 0 saturated carbocycles. The lowest BCUT2D eigenvalue weighted by Crippen LogP contribution is -2.37. The zero-order valence-electron chi connectivity index (χ0n) is 14.9. The minimum atomic E-state index is -3.75. The summed E-state index contributed by atoms with van der Waals surface area (Å²) < 4.78 is 33.1. The molecule has 1 aliphatic heterocycles. The lowest BCUT2D eigenvalue weighted by Gasteiger charge is -2.30. The maximum Gasteiger partial charge on any atom is 0.336 e. The summed E-state index contributed by atoms with van der Waals surface area (Å²) in [4.78, 5) is 11.8. The van der Waals surface area contributed by atoms with Crippen molar-refractivity contribution >= 4 is 16.0 Å². The van der Waals surface area contributed by atoms with Gasteiger partial charge in [-0.2, -0.15) is 4.31 Å². The van der Waals surface area contributed by atoms with Gasteiger partial charge < -0.3 is 9.84 Å². The number of sulfonamides is 1. The first kappa shape index (κ1) is 18.4. The number of carboxylic acid groups (broad SMARTS) is 1. The van der Waals surface area contributed by atoms with Gasteiger partial charge in [0.2, 0.25) is 10.0 Å². The van der Waals surface area contributed by atoms with Gasteiger partial charge in [0.25, 0.3) is 0 Å². The molecular formula is C19H21NO5S. The lowest BCUT2D eigenvalue weighted by atomic mass is 9.96. The normalized spacial score (nSPS) is 14.7. The highest BCUT2D eigenvalue weighted by molar-refractivity contribution is 7.89. The number of carboxylic acids is 1. The summed E-state index contributed by atoms with van der Waals surface area (Å²) in [5.41, 5.74) is 2.84. The summed E-state index contributed by atoms with van der Waals surface area (Å²) in [6.45, 7) is 3.86. The Morgan fingerprint density at radius 2 is 1.85 bits per heavy atom. The second-order valence-corrected chi connectivity index (χ2v) is 8.30. The smallest absolute Gasteiger partial charge is 0.336 e. The molecular weight excluding hydrogens is 354 g/mol. The monoisotopic (exact) mass is 375 g/mol. The number of rotatable bonds is 4. The highest BCUT2D eigenvalue weighted by Gasteiger charge is 2.32. The molecule has 0 unspecified atom stereocenters. The van der Waals surface area contributed by atoms with Crippen molar-refractivity contribution in [3.63, 3.8) is 0 Å². The van der Waals surface area contributed by atoms with E-state index in [1.165, 1.54) is 17.5 Å². The highest BCUT2D eigenvalue weighted by Crippen LogP contribution is 2.32. The van der Waals surface area contributed by atoms with Crippen molar-refractivity contribution in [2.45, 2.75) is 31.7 Å². The van der Waals surface area contributed by atoms with Crippen LogP contribution in [0.25, 0.3) is 0 Å². The van der Waals surface area contributed by atoms with E-state index in [0.29, 0.717) is 35.4 Å². The Bertz CT molecular complexity index is 958. The largest absolute Gasteiger partial charge is 0.497 e. The van der Waals surface area contributed by atoms with Crippen LogP contribution in [-0.4, -0.2) is 37.5 Å². The molecule has 26 heavy (non-hydrogen) atoms. The van der Waals surface area contributed by atoms with Crippen LogP contribution in [0.4, 0.5) is 0 Å². The molecule has 2 aromatic rings. The molecule has 0 amide bonds. The Labute approximate surface area is 153 Å². The third-order valence-corrected chi connectivity index (χ3v) is 6.89. The second-order valence-electron chi connectivity index (χ2n) is 6.43. The molecule has 0 radical (unpaired) electrons. The van der Waals surface area contributed by atoms with Crippen LogP contribution in [0.3, 0.4) is 0 Å². The summed E-state index contributed by atoms with van der Waals surface area (Å²) in [6.07, 6.45) is 0.490. The van der Waals surface area contributed by atoms with E-state index in [1.54, 1.807) is 32.0 Å². The molecule has 1 heterocycles. The number of carbonyl (C=O) groups is 1. The Kier molecular flexibility index (Phi) is 4.77. The fourth-order valence-electron chi connectivity index (χ4n) is 3.53. The Morgan fingerprint density at radius 1 is 1.19 bits per heavy atom. The summed E-state index contributed by atoms with van der Waals surface area (Å²) in [7, 11) is -2.21. The average molecular weight is 375 g/mol. The molecule has 7 heteroatoms. The first-order valence-electron chi connectivity index (χ1n) is 8.25. The zero-order valence-corrected chi connectivity index (χ0v) is 15.8. The molecule has 6 nitrogen and oxygen atoms in total. The van der Waals surface area contributed by atoms with Gasteiger partial charge >= 0.3 is 5.97 Å². The van der Waals surface area contributed by atoms with Crippen molar-refractivity contribution < 1.29 is 23.1 Å². The van der Waals surface area contributed by atoms with Crippen LogP contribution in [0.2, 0.25) is 0 Å². The number of fused-ring (bicyclic) bond motifs is 1. The van der Waals surface area contributed by atoms with Crippen molar-refractivity contribution in [3.05, 3.63) is 58.1 Å². The number of benzene rings is 2. The minimum Gasteiger partial charge on any atom is -0.497 e. The van der Waals surface area contributed by atoms with E-state index in [1.807, 2.05) is 6.07 Å². The summed E-state index contributed by atoms with van der Waals surface area (Å²) in [5, 5.41) is 9.41. The average Bonchev–Trinajstić information content (AvgIpc) is 2.59.